The molecule has 0 fully saturated rings. The Bertz CT molecular complexity index is 543. The topological polar surface area (TPSA) is 55.0 Å². The molecule has 0 unspecified atom stereocenters. The second kappa shape index (κ2) is 5.93. The van der Waals surface area contributed by atoms with Crippen LogP contribution < -0.4 is 4.74 Å². The van der Waals surface area contributed by atoms with Crippen molar-refractivity contribution < 1.29 is 9.53 Å². The number of ether oxygens (including phenoxy) is 1. The number of methoxy groups -OCH3 is 1. The van der Waals surface area contributed by atoms with E-state index in [1.54, 1.807) is 30.6 Å². The normalized spacial score (nSPS) is 10.3. The molecule has 0 aliphatic carbocycles. The van der Waals surface area contributed by atoms with Gasteiger partial charge in [-0.05, 0) is 18.2 Å². The fraction of sp³-hybridized carbons (Fsp3) is 0.167. The van der Waals surface area contributed by atoms with Crippen molar-refractivity contribution in [2.45, 2.75) is 5.16 Å². The number of benzene rings is 1. The van der Waals surface area contributed by atoms with Gasteiger partial charge in [0.25, 0.3) is 0 Å². The SMILES string of the molecule is COc1ccc(C(=O)CSc2ncc[nH]2)cc1Cl. The summed E-state index contributed by atoms with van der Waals surface area (Å²) >= 11 is 7.33. The number of H-pyrrole nitrogens is 1. The Morgan fingerprint density at radius 2 is 2.39 bits per heavy atom. The van der Waals surface area contributed by atoms with Gasteiger partial charge in [0.15, 0.2) is 10.9 Å². The van der Waals surface area contributed by atoms with Crippen molar-refractivity contribution in [3.63, 3.8) is 0 Å². The van der Waals surface area contributed by atoms with E-state index in [1.165, 1.54) is 18.9 Å². The first-order valence-electron chi connectivity index (χ1n) is 5.19. The highest BCUT2D eigenvalue weighted by Gasteiger charge is 2.10. The van der Waals surface area contributed by atoms with Crippen molar-refractivity contribution in [3.05, 3.63) is 41.2 Å². The molecule has 1 N–H and O–H groups in total. The van der Waals surface area contributed by atoms with E-state index in [0.29, 0.717) is 22.1 Å². The number of nitrogens with zero attached hydrogens (tertiary/aromatic N) is 1. The van der Waals surface area contributed by atoms with Gasteiger partial charge in [-0.15, -0.1) is 0 Å². The van der Waals surface area contributed by atoms with Crippen LogP contribution in [0.5, 0.6) is 5.75 Å². The zero-order valence-electron chi connectivity index (χ0n) is 9.64. The van der Waals surface area contributed by atoms with Gasteiger partial charge in [0.2, 0.25) is 0 Å². The molecular weight excluding hydrogens is 272 g/mol. The van der Waals surface area contributed by atoms with Crippen LogP contribution >= 0.6 is 23.4 Å². The van der Waals surface area contributed by atoms with Crippen LogP contribution in [0.4, 0.5) is 0 Å². The molecular formula is C12H11ClN2O2S. The first-order chi connectivity index (χ1) is 8.70. The fourth-order valence-corrected chi connectivity index (χ4v) is 2.37. The van der Waals surface area contributed by atoms with Crippen LogP contribution in [0.25, 0.3) is 0 Å². The lowest BCUT2D eigenvalue weighted by Gasteiger charge is -2.05. The van der Waals surface area contributed by atoms with E-state index in [0.717, 1.165) is 5.16 Å². The number of carbonyl (C=O) groups is 1. The minimum atomic E-state index is 0.000882. The summed E-state index contributed by atoms with van der Waals surface area (Å²) < 4.78 is 5.04. The summed E-state index contributed by atoms with van der Waals surface area (Å²) in [6.45, 7) is 0. The maximum absolute atomic E-state index is 11.9. The lowest BCUT2D eigenvalue weighted by Crippen LogP contribution is -2.02. The van der Waals surface area contributed by atoms with Crippen LogP contribution in [0, 0.1) is 0 Å². The van der Waals surface area contributed by atoms with Gasteiger partial charge in [-0.2, -0.15) is 0 Å². The van der Waals surface area contributed by atoms with Crippen LogP contribution in [0.1, 0.15) is 10.4 Å². The Hall–Kier alpha value is -1.46. The predicted molar refractivity (Wildman–Crippen MR) is 71.6 cm³/mol. The van der Waals surface area contributed by atoms with Crippen molar-refractivity contribution in [1.82, 2.24) is 9.97 Å². The number of nitrogens with one attached hydrogen (secondary N) is 1. The molecule has 0 aliphatic heterocycles. The summed E-state index contributed by atoms with van der Waals surface area (Å²) in [6, 6.07) is 5.01. The highest BCUT2D eigenvalue weighted by atomic mass is 35.5. The summed E-state index contributed by atoms with van der Waals surface area (Å²) in [4.78, 5) is 18.9. The molecule has 0 aliphatic rings. The summed E-state index contributed by atoms with van der Waals surface area (Å²) in [5, 5.41) is 1.16. The van der Waals surface area contributed by atoms with Gasteiger partial charge in [0.1, 0.15) is 5.75 Å². The largest absolute Gasteiger partial charge is 0.495 e. The maximum Gasteiger partial charge on any atom is 0.173 e. The van der Waals surface area contributed by atoms with Crippen LogP contribution in [-0.4, -0.2) is 28.6 Å². The van der Waals surface area contributed by atoms with Gasteiger partial charge in [0.05, 0.1) is 17.9 Å². The van der Waals surface area contributed by atoms with Crippen molar-refractivity contribution in [3.8, 4) is 5.75 Å². The summed E-state index contributed by atoms with van der Waals surface area (Å²) in [5.41, 5.74) is 0.569. The first kappa shape index (κ1) is 13.0. The zero-order valence-corrected chi connectivity index (χ0v) is 11.2. The second-order valence-electron chi connectivity index (χ2n) is 3.46. The van der Waals surface area contributed by atoms with Crippen LogP contribution in [0.2, 0.25) is 5.02 Å². The number of hydrogen-bond acceptors (Lipinski definition) is 4. The van der Waals surface area contributed by atoms with Gasteiger partial charge in [-0.25, -0.2) is 4.98 Å². The number of thioether (sulfide) groups is 1. The van der Waals surface area contributed by atoms with E-state index >= 15 is 0 Å². The number of carbonyl (C=O) groups excluding carboxylic acids is 1. The highest BCUT2D eigenvalue weighted by molar-refractivity contribution is 7.99. The van der Waals surface area contributed by atoms with E-state index in [9.17, 15) is 4.79 Å². The van der Waals surface area contributed by atoms with Gasteiger partial charge in [0, 0.05) is 18.0 Å². The number of Topliss-reactive ketones (excluding diaryl/α,β-unsaturated/α-hetero) is 1. The number of halogens is 1. The maximum atomic E-state index is 11.9. The Morgan fingerprint density at radius 3 is 3.00 bits per heavy atom. The molecule has 2 rings (SSSR count). The Labute approximate surface area is 114 Å². The minimum absolute atomic E-state index is 0.000882. The van der Waals surface area contributed by atoms with Gasteiger partial charge < -0.3 is 9.72 Å². The minimum Gasteiger partial charge on any atom is -0.495 e. The second-order valence-corrected chi connectivity index (χ2v) is 4.83. The number of imidazole rings is 1. The van der Waals surface area contributed by atoms with Crippen molar-refractivity contribution in [1.29, 1.82) is 0 Å². The van der Waals surface area contributed by atoms with E-state index in [-0.39, 0.29) is 5.78 Å². The molecule has 2 aromatic rings. The molecule has 0 saturated heterocycles. The van der Waals surface area contributed by atoms with Gasteiger partial charge in [-0.3, -0.25) is 4.79 Å². The van der Waals surface area contributed by atoms with E-state index in [2.05, 4.69) is 9.97 Å². The average molecular weight is 283 g/mol. The predicted octanol–water partition coefficient (Wildman–Crippen LogP) is 3.05. The Kier molecular flexibility index (Phi) is 4.28. The number of aromatic amines is 1. The number of hydrogen-bond donors (Lipinski definition) is 1. The van der Waals surface area contributed by atoms with Crippen molar-refractivity contribution >= 4 is 29.1 Å². The summed E-state index contributed by atoms with van der Waals surface area (Å²) in [7, 11) is 1.54. The van der Waals surface area contributed by atoms with Crippen molar-refractivity contribution in [2.24, 2.45) is 0 Å². The molecule has 94 valence electrons. The molecule has 6 heteroatoms. The molecule has 0 atom stereocenters. The Morgan fingerprint density at radius 1 is 1.56 bits per heavy atom. The molecule has 0 saturated carbocycles. The number of ketones is 1. The van der Waals surface area contributed by atoms with Gasteiger partial charge >= 0.3 is 0 Å². The molecule has 0 radical (unpaired) electrons. The molecule has 1 heterocycles. The fourth-order valence-electron chi connectivity index (χ4n) is 1.39. The molecule has 18 heavy (non-hydrogen) atoms. The third-order valence-electron chi connectivity index (χ3n) is 2.29. The average Bonchev–Trinajstić information content (AvgIpc) is 2.89. The lowest BCUT2D eigenvalue weighted by atomic mass is 10.1. The van der Waals surface area contributed by atoms with Crippen LogP contribution in [0.15, 0.2) is 35.7 Å². The van der Waals surface area contributed by atoms with E-state index in [1.807, 2.05) is 0 Å². The van der Waals surface area contributed by atoms with E-state index in [4.69, 9.17) is 16.3 Å². The first-order valence-corrected chi connectivity index (χ1v) is 6.56. The molecule has 1 aromatic carbocycles. The number of aromatic nitrogens is 2. The molecule has 1 aromatic heterocycles. The monoisotopic (exact) mass is 282 g/mol. The third-order valence-corrected chi connectivity index (χ3v) is 3.49. The molecule has 0 bridgehead atoms. The molecule has 0 amide bonds. The standard InChI is InChI=1S/C12H11ClN2O2S/c1-17-11-3-2-8(6-9(11)13)10(16)7-18-12-14-4-5-15-12/h2-6H,7H2,1H3,(H,14,15). The smallest absolute Gasteiger partial charge is 0.173 e. The Balaban J connectivity index is 2.02. The number of rotatable bonds is 5. The van der Waals surface area contributed by atoms with Crippen LogP contribution in [-0.2, 0) is 0 Å². The zero-order chi connectivity index (χ0) is 13.0. The highest BCUT2D eigenvalue weighted by Crippen LogP contribution is 2.25. The van der Waals surface area contributed by atoms with E-state index < -0.39 is 0 Å². The summed E-state index contributed by atoms with van der Waals surface area (Å²) in [6.07, 6.45) is 3.37. The lowest BCUT2D eigenvalue weighted by molar-refractivity contribution is 0.102. The van der Waals surface area contributed by atoms with Crippen molar-refractivity contribution in [2.75, 3.05) is 12.9 Å². The third kappa shape index (κ3) is 3.05. The summed E-state index contributed by atoms with van der Waals surface area (Å²) in [5.74, 6) is 0.878. The quantitative estimate of drug-likeness (QED) is 0.676. The molecule has 0 spiro atoms. The van der Waals surface area contributed by atoms with Crippen LogP contribution in [0.3, 0.4) is 0 Å². The molecule has 4 nitrogen and oxygen atoms in total. The van der Waals surface area contributed by atoms with Gasteiger partial charge in [-0.1, -0.05) is 23.4 Å².